The fourth-order valence-corrected chi connectivity index (χ4v) is 9.58. The summed E-state index contributed by atoms with van der Waals surface area (Å²) in [7, 11) is 0. The second kappa shape index (κ2) is 11.7. The fourth-order valence-electron chi connectivity index (χ4n) is 9.58. The second-order valence-electron chi connectivity index (χ2n) is 13.7. The van der Waals surface area contributed by atoms with Gasteiger partial charge in [0.05, 0.1) is 0 Å². The van der Waals surface area contributed by atoms with Crippen LogP contribution in [0.3, 0.4) is 0 Å². The number of hydrogen-bond donors (Lipinski definition) is 0. The molecule has 8 atom stereocenters. The number of allylic oxidation sites excluding steroid dienone is 16. The maximum atomic E-state index is 2.99. The Bertz CT molecular complexity index is 1230. The van der Waals surface area contributed by atoms with Crippen LogP contribution in [-0.2, 0) is 23.9 Å². The van der Waals surface area contributed by atoms with Crippen LogP contribution in [0.1, 0.15) is 75.7 Å². The van der Waals surface area contributed by atoms with E-state index < -0.39 is 0 Å². The molecule has 0 aromatic carbocycles. The van der Waals surface area contributed by atoms with E-state index in [1.165, 1.54) is 29.5 Å². The Morgan fingerprint density at radius 2 is 1.25 bits per heavy atom. The maximum absolute atomic E-state index is 2.99. The summed E-state index contributed by atoms with van der Waals surface area (Å²) in [5.74, 6) is 0.460. The van der Waals surface area contributed by atoms with E-state index in [-0.39, 0.29) is 62.7 Å². The van der Waals surface area contributed by atoms with E-state index in [2.05, 4.69) is 155 Å². The molecular formula is C37H48Cl2Hf-2. The average molecular weight is 742 g/mol. The van der Waals surface area contributed by atoms with Gasteiger partial charge in [0.2, 0.25) is 0 Å². The Hall–Kier alpha value is -0.760. The minimum Gasteiger partial charge on any atom is -1.00 e. The molecule has 3 heteroatoms. The van der Waals surface area contributed by atoms with Gasteiger partial charge in [0, 0.05) is 10.8 Å². The summed E-state index contributed by atoms with van der Waals surface area (Å²) in [6, 6.07) is 0. The molecule has 0 aromatic heterocycles. The van der Waals surface area contributed by atoms with Crippen molar-refractivity contribution in [2.75, 3.05) is 0 Å². The molecule has 0 spiro atoms. The topological polar surface area (TPSA) is 0 Å². The van der Waals surface area contributed by atoms with Gasteiger partial charge in [-0.2, -0.15) is 6.08 Å². The molecular weight excluding hydrogens is 694 g/mol. The van der Waals surface area contributed by atoms with Gasteiger partial charge in [0.1, 0.15) is 0 Å². The Balaban J connectivity index is 0.000000441. The van der Waals surface area contributed by atoms with Crippen LogP contribution < -0.4 is 24.8 Å². The summed E-state index contributed by atoms with van der Waals surface area (Å²) in [6.07, 6.45) is 39.3. The quantitative estimate of drug-likeness (QED) is 0.263. The third-order valence-electron chi connectivity index (χ3n) is 12.6. The molecule has 0 saturated heterocycles. The molecule has 0 heterocycles. The van der Waals surface area contributed by atoms with Crippen LogP contribution in [0, 0.1) is 56.3 Å². The molecule has 8 unspecified atom stereocenters. The first-order valence-electron chi connectivity index (χ1n) is 14.3. The van der Waals surface area contributed by atoms with Gasteiger partial charge in [-0.25, -0.2) is 12.2 Å². The Morgan fingerprint density at radius 1 is 0.775 bits per heavy atom. The molecule has 40 heavy (non-hydrogen) atoms. The van der Waals surface area contributed by atoms with Crippen LogP contribution in [0.25, 0.3) is 0 Å². The molecule has 6 aliphatic rings. The Kier molecular flexibility index (Phi) is 10.4. The molecule has 0 aromatic rings. The number of halogens is 2. The average Bonchev–Trinajstić information content (AvgIpc) is 3.49. The van der Waals surface area contributed by atoms with Crippen molar-refractivity contribution in [3.05, 3.63) is 103 Å². The van der Waals surface area contributed by atoms with Crippen LogP contribution in [0.15, 0.2) is 90.6 Å². The first-order valence-corrected chi connectivity index (χ1v) is 16.1. The van der Waals surface area contributed by atoms with E-state index in [9.17, 15) is 0 Å². The Morgan fingerprint density at radius 3 is 1.70 bits per heavy atom. The van der Waals surface area contributed by atoms with E-state index in [0.29, 0.717) is 5.92 Å². The SMILES string of the molecule is CC1=CC=CC2[CH-]C3(C)C4(C)C=CC=CC4(C)C4(C)C=CC=CC4(C)C3(C)C12C.C[C](C)=[Hf+2].[C-]1=CC=CC1.[Cl-].[Cl-]. The van der Waals surface area contributed by atoms with Crippen molar-refractivity contribution < 1.29 is 48.7 Å². The fraction of sp³-hybridized carbons (Fsp3) is 0.514. The molecule has 0 radical (unpaired) electrons. The van der Waals surface area contributed by atoms with Gasteiger partial charge < -0.3 is 31.2 Å². The summed E-state index contributed by atoms with van der Waals surface area (Å²) in [5, 5.41) is 0. The normalized spacial score (nSPS) is 45.7. The maximum Gasteiger partial charge on any atom is -0.109 e. The third kappa shape index (κ3) is 4.17. The molecule has 0 N–H and O–H groups in total. The van der Waals surface area contributed by atoms with E-state index in [4.69, 9.17) is 0 Å². The van der Waals surface area contributed by atoms with Gasteiger partial charge in [0.15, 0.2) is 0 Å². The standard InChI is InChI=1S/C29H37.C5H5.C3H6.2ClH.Hf/c1-21-14-13-15-22-20-27(6)25(4)18-10-9-16-23(25,2)24(3)17-11-12-19-26(24,5)29(27,8)28(21,22)7;1-2-4-5-3-1;1-3-2;;;/h9-20,22H,1-8H3;1-3H,4H2;1-2H3;2*1H;/q2*-1;;;;+2/p-2. The first-order chi connectivity index (χ1) is 17.6. The number of rotatable bonds is 0. The van der Waals surface area contributed by atoms with Gasteiger partial charge in [0.25, 0.3) is 0 Å². The molecule has 6 aliphatic carbocycles. The van der Waals surface area contributed by atoms with E-state index in [1.54, 1.807) is 3.26 Å². The van der Waals surface area contributed by atoms with Crippen LogP contribution in [0.2, 0.25) is 0 Å². The van der Waals surface area contributed by atoms with Crippen LogP contribution in [-0.4, -0.2) is 3.26 Å². The molecule has 2 saturated carbocycles. The van der Waals surface area contributed by atoms with Gasteiger partial charge >= 0.3 is 41.0 Å². The molecule has 2 fully saturated rings. The largest absolute Gasteiger partial charge is 1.00 e. The molecule has 0 bridgehead atoms. The molecule has 0 amide bonds. The van der Waals surface area contributed by atoms with Gasteiger partial charge in [-0.1, -0.05) is 115 Å². The number of fused-ring (bicyclic) bond motifs is 8. The molecule has 216 valence electrons. The minimum atomic E-state index is 0. The van der Waals surface area contributed by atoms with Crippen molar-refractivity contribution in [2.24, 2.45) is 43.8 Å². The van der Waals surface area contributed by atoms with E-state index in [0.717, 1.165) is 6.42 Å². The van der Waals surface area contributed by atoms with E-state index in [1.807, 2.05) is 12.2 Å². The van der Waals surface area contributed by atoms with Crippen molar-refractivity contribution in [3.8, 4) is 0 Å². The van der Waals surface area contributed by atoms with Gasteiger partial charge in [-0.15, -0.1) is 23.8 Å². The second-order valence-corrected chi connectivity index (χ2v) is 17.3. The molecule has 6 rings (SSSR count). The minimum absolute atomic E-state index is 0. The van der Waals surface area contributed by atoms with Crippen LogP contribution >= 0.6 is 0 Å². The summed E-state index contributed by atoms with van der Waals surface area (Å²) < 4.78 is 1.56. The van der Waals surface area contributed by atoms with Crippen molar-refractivity contribution in [1.29, 1.82) is 0 Å². The van der Waals surface area contributed by atoms with Crippen molar-refractivity contribution >= 4 is 3.26 Å². The summed E-state index contributed by atoms with van der Waals surface area (Å²) in [4.78, 5) is 0. The predicted molar refractivity (Wildman–Crippen MR) is 162 cm³/mol. The van der Waals surface area contributed by atoms with Gasteiger partial charge in [-0.05, 0) is 28.6 Å². The van der Waals surface area contributed by atoms with E-state index >= 15 is 0 Å². The zero-order valence-corrected chi connectivity index (χ0v) is 31.3. The number of hydrogen-bond acceptors (Lipinski definition) is 0. The zero-order valence-electron chi connectivity index (χ0n) is 26.2. The summed E-state index contributed by atoms with van der Waals surface area (Å²) >= 11 is 1.27. The Labute approximate surface area is 272 Å². The van der Waals surface area contributed by atoms with Crippen LogP contribution in [0.5, 0.6) is 0 Å². The first kappa shape index (κ1) is 35.4. The zero-order chi connectivity index (χ0) is 28.3. The molecule has 0 aliphatic heterocycles. The van der Waals surface area contributed by atoms with Gasteiger partial charge in [-0.3, -0.25) is 6.08 Å². The monoisotopic (exact) mass is 742 g/mol. The summed E-state index contributed by atoms with van der Waals surface area (Å²) in [5.41, 5.74) is 1.73. The van der Waals surface area contributed by atoms with Crippen molar-refractivity contribution in [1.82, 2.24) is 0 Å². The smallest absolute Gasteiger partial charge is 0.109 e. The van der Waals surface area contributed by atoms with Crippen molar-refractivity contribution in [2.45, 2.75) is 75.7 Å². The van der Waals surface area contributed by atoms with Crippen molar-refractivity contribution in [3.63, 3.8) is 0 Å². The molecule has 0 nitrogen and oxygen atoms in total. The third-order valence-corrected chi connectivity index (χ3v) is 12.6. The predicted octanol–water partition coefficient (Wildman–Crippen LogP) is 3.71. The van der Waals surface area contributed by atoms with Crippen LogP contribution in [0.4, 0.5) is 0 Å². The summed E-state index contributed by atoms with van der Waals surface area (Å²) in [6.45, 7) is 24.6.